The van der Waals surface area contributed by atoms with Crippen molar-refractivity contribution < 1.29 is 29.1 Å². The summed E-state index contributed by atoms with van der Waals surface area (Å²) in [5, 5.41) is 11.6. The van der Waals surface area contributed by atoms with Crippen LogP contribution in [0.15, 0.2) is 0 Å². The lowest BCUT2D eigenvalue weighted by Crippen LogP contribution is -2.53. The van der Waals surface area contributed by atoms with E-state index in [2.05, 4.69) is 5.32 Å². The van der Waals surface area contributed by atoms with Gasteiger partial charge in [0.25, 0.3) is 0 Å². The molecular weight excluding hydrogens is 340 g/mol. The van der Waals surface area contributed by atoms with Crippen LogP contribution in [0.25, 0.3) is 0 Å². The predicted octanol–water partition coefficient (Wildman–Crippen LogP) is 1.51. The zero-order valence-electron chi connectivity index (χ0n) is 16.9. The van der Waals surface area contributed by atoms with E-state index < -0.39 is 41.1 Å². The van der Waals surface area contributed by atoms with E-state index in [1.54, 1.807) is 12.4 Å². The number of hydrogen-bond donors (Lipinski definition) is 3. The van der Waals surface area contributed by atoms with Crippen LogP contribution >= 0.6 is 0 Å². The number of methoxy groups -OCH3 is 1. The molecule has 0 aromatic rings. The molecule has 0 aliphatic heterocycles. The highest BCUT2D eigenvalue weighted by Gasteiger charge is 2.38. The van der Waals surface area contributed by atoms with E-state index in [1.165, 1.54) is 7.11 Å². The third kappa shape index (κ3) is 8.14. The molecule has 0 unspecified atom stereocenters. The van der Waals surface area contributed by atoms with Gasteiger partial charge in [0.2, 0.25) is 11.8 Å². The van der Waals surface area contributed by atoms with Crippen molar-refractivity contribution in [3.63, 3.8) is 0 Å². The smallest absolute Gasteiger partial charge is 0.329 e. The first-order valence-electron chi connectivity index (χ1n) is 8.85. The van der Waals surface area contributed by atoms with E-state index in [0.717, 1.165) is 0 Å². The fraction of sp³-hybridized carbons (Fsp3) is 0.833. The van der Waals surface area contributed by atoms with Crippen molar-refractivity contribution in [1.82, 2.24) is 10.8 Å². The van der Waals surface area contributed by atoms with Gasteiger partial charge in [0.05, 0.1) is 6.61 Å². The summed E-state index contributed by atoms with van der Waals surface area (Å²) in [6, 6.07) is -0.870. The van der Waals surface area contributed by atoms with Crippen molar-refractivity contribution in [1.29, 1.82) is 0 Å². The second-order valence-electron chi connectivity index (χ2n) is 7.97. The van der Waals surface area contributed by atoms with Gasteiger partial charge in [-0.1, -0.05) is 41.5 Å². The second-order valence-corrected chi connectivity index (χ2v) is 7.97. The molecule has 0 bridgehead atoms. The maximum atomic E-state index is 12.8. The maximum absolute atomic E-state index is 12.8. The van der Waals surface area contributed by atoms with Crippen LogP contribution in [0.4, 0.5) is 0 Å². The molecule has 0 saturated carbocycles. The number of carbonyl (C=O) groups excluding carboxylic acids is 3. The Labute approximate surface area is 156 Å². The Hall–Kier alpha value is -1.67. The van der Waals surface area contributed by atoms with Gasteiger partial charge < -0.3 is 14.8 Å². The number of esters is 1. The third-order valence-corrected chi connectivity index (χ3v) is 4.11. The maximum Gasteiger partial charge on any atom is 0.329 e. The summed E-state index contributed by atoms with van der Waals surface area (Å²) in [7, 11) is 1.50. The Morgan fingerprint density at radius 1 is 1.04 bits per heavy atom. The lowest BCUT2D eigenvalue weighted by Gasteiger charge is -2.32. The molecule has 0 heterocycles. The largest absolute Gasteiger partial charge is 0.462 e. The summed E-state index contributed by atoms with van der Waals surface area (Å²) in [5.41, 5.74) is 1.01. The van der Waals surface area contributed by atoms with Crippen molar-refractivity contribution in [3.8, 4) is 0 Å². The SMILES string of the molecule is COCCOC(=O)[C@@H](NC(=O)[C@H](CC(C)C)[C@H](C)C(=O)NO)C(C)(C)C. The zero-order valence-corrected chi connectivity index (χ0v) is 16.9. The van der Waals surface area contributed by atoms with E-state index in [-0.39, 0.29) is 19.1 Å². The van der Waals surface area contributed by atoms with Crippen molar-refractivity contribution in [2.75, 3.05) is 20.3 Å². The van der Waals surface area contributed by atoms with E-state index >= 15 is 0 Å². The number of amides is 2. The highest BCUT2D eigenvalue weighted by molar-refractivity contribution is 5.90. The Bertz CT molecular complexity index is 473. The van der Waals surface area contributed by atoms with Gasteiger partial charge in [0.15, 0.2) is 0 Å². The van der Waals surface area contributed by atoms with Gasteiger partial charge in [-0.15, -0.1) is 0 Å². The van der Waals surface area contributed by atoms with Gasteiger partial charge >= 0.3 is 5.97 Å². The number of carbonyl (C=O) groups is 3. The molecule has 0 rings (SSSR count). The lowest BCUT2D eigenvalue weighted by atomic mass is 9.83. The van der Waals surface area contributed by atoms with Crippen LogP contribution in [0.1, 0.15) is 48.0 Å². The molecule has 0 radical (unpaired) electrons. The minimum atomic E-state index is -0.870. The normalized spacial score (nSPS) is 15.1. The van der Waals surface area contributed by atoms with Crippen LogP contribution in [-0.2, 0) is 23.9 Å². The van der Waals surface area contributed by atoms with Crippen molar-refractivity contribution in [3.05, 3.63) is 0 Å². The summed E-state index contributed by atoms with van der Waals surface area (Å²) in [6.45, 7) is 11.2. The van der Waals surface area contributed by atoms with Crippen molar-refractivity contribution in [2.45, 2.75) is 54.0 Å². The minimum absolute atomic E-state index is 0.0938. The molecule has 26 heavy (non-hydrogen) atoms. The molecule has 0 aliphatic carbocycles. The molecule has 3 atom stereocenters. The molecule has 0 aliphatic rings. The zero-order chi connectivity index (χ0) is 20.5. The first-order chi connectivity index (χ1) is 11.9. The van der Waals surface area contributed by atoms with Gasteiger partial charge in [-0.2, -0.15) is 0 Å². The van der Waals surface area contributed by atoms with Crippen LogP contribution in [-0.4, -0.2) is 49.4 Å². The number of ether oxygens (including phenoxy) is 2. The molecule has 0 aromatic carbocycles. The van der Waals surface area contributed by atoms with Gasteiger partial charge in [-0.25, -0.2) is 10.3 Å². The summed E-state index contributed by atoms with van der Waals surface area (Å²) < 4.78 is 10.0. The fourth-order valence-electron chi connectivity index (χ4n) is 2.52. The van der Waals surface area contributed by atoms with Crippen molar-refractivity contribution in [2.24, 2.45) is 23.2 Å². The predicted molar refractivity (Wildman–Crippen MR) is 96.3 cm³/mol. The first kappa shape index (κ1) is 24.3. The number of hydroxylamine groups is 1. The molecule has 0 fully saturated rings. The average Bonchev–Trinajstić information content (AvgIpc) is 2.54. The van der Waals surface area contributed by atoms with E-state index in [9.17, 15) is 14.4 Å². The number of rotatable bonds is 10. The highest BCUT2D eigenvalue weighted by atomic mass is 16.6. The number of nitrogens with one attached hydrogen (secondary N) is 2. The molecule has 8 heteroatoms. The molecule has 3 N–H and O–H groups in total. The molecule has 0 saturated heterocycles. The van der Waals surface area contributed by atoms with Gasteiger partial charge in [0, 0.05) is 18.9 Å². The van der Waals surface area contributed by atoms with E-state index in [0.29, 0.717) is 6.42 Å². The monoisotopic (exact) mass is 374 g/mol. The van der Waals surface area contributed by atoms with Crippen LogP contribution < -0.4 is 10.8 Å². The fourth-order valence-corrected chi connectivity index (χ4v) is 2.52. The summed E-state index contributed by atoms with van der Waals surface area (Å²) in [6.07, 6.45) is 0.440. The summed E-state index contributed by atoms with van der Waals surface area (Å²) >= 11 is 0. The molecule has 0 spiro atoms. The van der Waals surface area contributed by atoms with Crippen LogP contribution in [0, 0.1) is 23.2 Å². The van der Waals surface area contributed by atoms with Crippen LogP contribution in [0.5, 0.6) is 0 Å². The van der Waals surface area contributed by atoms with Gasteiger partial charge in [-0.3, -0.25) is 14.8 Å². The first-order valence-corrected chi connectivity index (χ1v) is 8.85. The molecular formula is C18H34N2O6. The quantitative estimate of drug-likeness (QED) is 0.231. The Morgan fingerprint density at radius 3 is 2.04 bits per heavy atom. The van der Waals surface area contributed by atoms with Gasteiger partial charge in [-0.05, 0) is 17.8 Å². The molecule has 2 amide bonds. The summed E-state index contributed by atoms with van der Waals surface area (Å²) in [4.78, 5) is 37.0. The second kappa shape index (κ2) is 11.1. The molecule has 152 valence electrons. The molecule has 8 nitrogen and oxygen atoms in total. The molecule has 0 aromatic heterocycles. The van der Waals surface area contributed by atoms with Gasteiger partial charge in [0.1, 0.15) is 12.6 Å². The lowest BCUT2D eigenvalue weighted by molar-refractivity contribution is -0.153. The average molecular weight is 374 g/mol. The Kier molecular flexibility index (Phi) is 10.4. The standard InChI is InChI=1S/C18H34N2O6/c1-11(2)10-13(12(3)15(21)20-24)16(22)19-14(18(4,5)6)17(23)26-9-8-25-7/h11-14,24H,8-10H2,1-7H3,(H,19,22)(H,20,21)/t12-,13+,14+/m0/s1. The Morgan fingerprint density at radius 2 is 1.62 bits per heavy atom. The third-order valence-electron chi connectivity index (χ3n) is 4.11. The summed E-state index contributed by atoms with van der Waals surface area (Å²) in [5.74, 6) is -2.88. The van der Waals surface area contributed by atoms with E-state index in [1.807, 2.05) is 34.6 Å². The van der Waals surface area contributed by atoms with Crippen molar-refractivity contribution >= 4 is 17.8 Å². The topological polar surface area (TPSA) is 114 Å². The minimum Gasteiger partial charge on any atom is -0.462 e. The number of hydrogen-bond acceptors (Lipinski definition) is 6. The van der Waals surface area contributed by atoms with E-state index in [4.69, 9.17) is 14.7 Å². The highest BCUT2D eigenvalue weighted by Crippen LogP contribution is 2.25. The Balaban J connectivity index is 5.32. The van der Waals surface area contributed by atoms with Crippen LogP contribution in [0.3, 0.4) is 0 Å². The van der Waals surface area contributed by atoms with Crippen LogP contribution in [0.2, 0.25) is 0 Å².